The lowest BCUT2D eigenvalue weighted by Crippen LogP contribution is -2.37. The van der Waals surface area contributed by atoms with Crippen LogP contribution in [-0.4, -0.2) is 40.0 Å². The van der Waals surface area contributed by atoms with E-state index in [1.807, 2.05) is 0 Å². The van der Waals surface area contributed by atoms with Crippen LogP contribution in [0, 0.1) is 10.1 Å². The number of likely N-dealkylation sites (tertiary alicyclic amines) is 1. The SMILES string of the molecule is O=C(c1cc([N+](=O)[O-])ccc1Cl)N1CCC[C@@H]1CO. The minimum atomic E-state index is -0.569. The fraction of sp³-hybridized carbons (Fsp3) is 0.417. The van der Waals surface area contributed by atoms with E-state index in [2.05, 4.69) is 0 Å². The summed E-state index contributed by atoms with van der Waals surface area (Å²) in [4.78, 5) is 24.0. The Morgan fingerprint density at radius 3 is 2.95 bits per heavy atom. The molecule has 1 N–H and O–H groups in total. The number of aliphatic hydroxyl groups excluding tert-OH is 1. The van der Waals surface area contributed by atoms with Gasteiger partial charge in [-0.25, -0.2) is 0 Å². The number of nitro groups is 1. The Morgan fingerprint density at radius 1 is 1.58 bits per heavy atom. The van der Waals surface area contributed by atoms with Gasteiger partial charge in [0.05, 0.1) is 28.2 Å². The minimum absolute atomic E-state index is 0.108. The van der Waals surface area contributed by atoms with Gasteiger partial charge in [0.15, 0.2) is 0 Å². The zero-order valence-electron chi connectivity index (χ0n) is 10.1. The van der Waals surface area contributed by atoms with E-state index in [1.165, 1.54) is 23.1 Å². The maximum atomic E-state index is 12.3. The number of carbonyl (C=O) groups excluding carboxylic acids is 1. The number of carbonyl (C=O) groups is 1. The predicted octanol–water partition coefficient (Wildman–Crippen LogP) is 1.85. The molecule has 0 saturated carbocycles. The van der Waals surface area contributed by atoms with Crippen LogP contribution in [0.4, 0.5) is 5.69 Å². The lowest BCUT2D eigenvalue weighted by atomic mass is 10.1. The Balaban J connectivity index is 2.32. The molecule has 102 valence electrons. The number of amides is 1. The standard InChI is InChI=1S/C12H13ClN2O4/c13-11-4-3-8(15(18)19)6-10(11)12(17)14-5-1-2-9(14)7-16/h3-4,6,9,16H,1-2,5,7H2/t9-/m1/s1. The zero-order valence-corrected chi connectivity index (χ0v) is 10.8. The first kappa shape index (κ1) is 13.8. The van der Waals surface area contributed by atoms with Crippen molar-refractivity contribution in [1.29, 1.82) is 0 Å². The van der Waals surface area contributed by atoms with Crippen molar-refractivity contribution >= 4 is 23.2 Å². The second-order valence-electron chi connectivity index (χ2n) is 4.40. The van der Waals surface area contributed by atoms with E-state index in [4.69, 9.17) is 11.6 Å². The molecule has 1 fully saturated rings. The molecule has 0 radical (unpaired) electrons. The number of hydrogen-bond donors (Lipinski definition) is 1. The number of rotatable bonds is 3. The highest BCUT2D eigenvalue weighted by Crippen LogP contribution is 2.26. The Morgan fingerprint density at radius 2 is 2.32 bits per heavy atom. The maximum Gasteiger partial charge on any atom is 0.270 e. The van der Waals surface area contributed by atoms with E-state index in [1.54, 1.807) is 0 Å². The van der Waals surface area contributed by atoms with Gasteiger partial charge in [0.25, 0.3) is 11.6 Å². The number of halogens is 1. The van der Waals surface area contributed by atoms with Gasteiger partial charge in [-0.1, -0.05) is 11.6 Å². The molecule has 1 amide bonds. The fourth-order valence-electron chi connectivity index (χ4n) is 2.24. The Bertz CT molecular complexity index is 520. The maximum absolute atomic E-state index is 12.3. The van der Waals surface area contributed by atoms with Crippen molar-refractivity contribution in [2.75, 3.05) is 13.2 Å². The average Bonchev–Trinajstić information content (AvgIpc) is 2.86. The molecule has 1 aromatic rings. The van der Waals surface area contributed by atoms with Crippen LogP contribution < -0.4 is 0 Å². The second kappa shape index (κ2) is 5.54. The van der Waals surface area contributed by atoms with Crippen LogP contribution in [0.15, 0.2) is 18.2 Å². The van der Waals surface area contributed by atoms with Crippen molar-refractivity contribution in [3.05, 3.63) is 38.9 Å². The van der Waals surface area contributed by atoms with Gasteiger partial charge in [-0.15, -0.1) is 0 Å². The molecule has 0 unspecified atom stereocenters. The number of benzene rings is 1. The first-order chi connectivity index (χ1) is 9.04. The summed E-state index contributed by atoms with van der Waals surface area (Å²) in [7, 11) is 0. The summed E-state index contributed by atoms with van der Waals surface area (Å²) in [6.45, 7) is 0.418. The van der Waals surface area contributed by atoms with Gasteiger partial charge < -0.3 is 10.0 Å². The van der Waals surface area contributed by atoms with Crippen LogP contribution in [0.5, 0.6) is 0 Å². The zero-order chi connectivity index (χ0) is 14.0. The van der Waals surface area contributed by atoms with Gasteiger partial charge in [0.2, 0.25) is 0 Å². The number of nitro benzene ring substituents is 1. The molecule has 0 spiro atoms. The van der Waals surface area contributed by atoms with Gasteiger partial charge in [-0.05, 0) is 18.9 Å². The molecule has 0 aliphatic carbocycles. The summed E-state index contributed by atoms with van der Waals surface area (Å²) in [5.41, 5.74) is -0.0660. The van der Waals surface area contributed by atoms with Crippen molar-refractivity contribution in [2.24, 2.45) is 0 Å². The summed E-state index contributed by atoms with van der Waals surface area (Å²) in [5, 5.41) is 20.1. The number of nitrogens with zero attached hydrogens (tertiary/aromatic N) is 2. The lowest BCUT2D eigenvalue weighted by molar-refractivity contribution is -0.384. The molecule has 2 rings (SSSR count). The number of aliphatic hydroxyl groups is 1. The predicted molar refractivity (Wildman–Crippen MR) is 69.3 cm³/mol. The molecule has 1 aliphatic heterocycles. The number of non-ortho nitro benzene ring substituents is 1. The highest BCUT2D eigenvalue weighted by atomic mass is 35.5. The summed E-state index contributed by atoms with van der Waals surface area (Å²) in [5.74, 6) is -0.370. The quantitative estimate of drug-likeness (QED) is 0.678. The van der Waals surface area contributed by atoms with Crippen molar-refractivity contribution in [3.8, 4) is 0 Å². The molecule has 1 aromatic carbocycles. The van der Waals surface area contributed by atoms with E-state index in [-0.39, 0.29) is 34.8 Å². The third-order valence-corrected chi connectivity index (χ3v) is 3.57. The fourth-order valence-corrected chi connectivity index (χ4v) is 2.44. The van der Waals surface area contributed by atoms with Crippen LogP contribution in [0.25, 0.3) is 0 Å². The first-order valence-electron chi connectivity index (χ1n) is 5.90. The van der Waals surface area contributed by atoms with E-state index >= 15 is 0 Å². The van der Waals surface area contributed by atoms with Gasteiger partial charge in [-0.3, -0.25) is 14.9 Å². The first-order valence-corrected chi connectivity index (χ1v) is 6.28. The molecule has 1 saturated heterocycles. The van der Waals surface area contributed by atoms with Crippen LogP contribution >= 0.6 is 11.6 Å². The van der Waals surface area contributed by atoms with Gasteiger partial charge in [-0.2, -0.15) is 0 Å². The van der Waals surface area contributed by atoms with Gasteiger partial charge in [0, 0.05) is 18.7 Å². The second-order valence-corrected chi connectivity index (χ2v) is 4.81. The third kappa shape index (κ3) is 2.69. The van der Waals surface area contributed by atoms with E-state index in [9.17, 15) is 20.0 Å². The molecule has 19 heavy (non-hydrogen) atoms. The Labute approximate surface area is 114 Å². The van der Waals surface area contributed by atoms with Crippen LogP contribution in [0.1, 0.15) is 23.2 Å². The molecule has 6 nitrogen and oxygen atoms in total. The van der Waals surface area contributed by atoms with Crippen molar-refractivity contribution in [1.82, 2.24) is 4.90 Å². The van der Waals surface area contributed by atoms with Crippen molar-refractivity contribution < 1.29 is 14.8 Å². The highest BCUT2D eigenvalue weighted by Gasteiger charge is 2.30. The lowest BCUT2D eigenvalue weighted by Gasteiger charge is -2.23. The van der Waals surface area contributed by atoms with Gasteiger partial charge in [0.1, 0.15) is 0 Å². The molecular weight excluding hydrogens is 272 g/mol. The summed E-state index contributed by atoms with van der Waals surface area (Å²) < 4.78 is 0. The molecule has 0 bridgehead atoms. The Hall–Kier alpha value is -1.66. The molecule has 7 heteroatoms. The molecule has 0 aromatic heterocycles. The highest BCUT2D eigenvalue weighted by molar-refractivity contribution is 6.33. The molecular formula is C12H13ClN2O4. The van der Waals surface area contributed by atoms with Gasteiger partial charge >= 0.3 is 0 Å². The van der Waals surface area contributed by atoms with E-state index < -0.39 is 4.92 Å². The van der Waals surface area contributed by atoms with E-state index in [0.29, 0.717) is 6.54 Å². The molecule has 1 heterocycles. The third-order valence-electron chi connectivity index (χ3n) is 3.24. The topological polar surface area (TPSA) is 83.7 Å². The average molecular weight is 285 g/mol. The van der Waals surface area contributed by atoms with Crippen molar-refractivity contribution in [3.63, 3.8) is 0 Å². The smallest absolute Gasteiger partial charge is 0.270 e. The Kier molecular flexibility index (Phi) is 4.01. The molecule has 1 aliphatic rings. The van der Waals surface area contributed by atoms with E-state index in [0.717, 1.165) is 12.8 Å². The molecule has 1 atom stereocenters. The van der Waals surface area contributed by atoms with Crippen molar-refractivity contribution in [2.45, 2.75) is 18.9 Å². The largest absolute Gasteiger partial charge is 0.394 e. The van der Waals surface area contributed by atoms with Crippen LogP contribution in [0.3, 0.4) is 0 Å². The minimum Gasteiger partial charge on any atom is -0.394 e. The summed E-state index contributed by atoms with van der Waals surface area (Å²) in [6.07, 6.45) is 1.54. The normalized spacial score (nSPS) is 18.6. The monoisotopic (exact) mass is 284 g/mol. The number of hydrogen-bond acceptors (Lipinski definition) is 4. The summed E-state index contributed by atoms with van der Waals surface area (Å²) >= 11 is 5.93. The van der Waals surface area contributed by atoms with Crippen LogP contribution in [0.2, 0.25) is 5.02 Å². The summed E-state index contributed by atoms with van der Waals surface area (Å²) in [6, 6.07) is 3.55. The van der Waals surface area contributed by atoms with Crippen LogP contribution in [-0.2, 0) is 0 Å².